The zero-order valence-electron chi connectivity index (χ0n) is 11.4. The Morgan fingerprint density at radius 3 is 2.33 bits per heavy atom. The molecule has 0 unspecified atom stereocenters. The van der Waals surface area contributed by atoms with E-state index < -0.39 is 18.3 Å². The highest BCUT2D eigenvalue weighted by Gasteiger charge is 2.40. The fraction of sp³-hybridized carbons (Fsp3) is 0.636. The van der Waals surface area contributed by atoms with E-state index >= 15 is 0 Å². The first-order valence-corrected chi connectivity index (χ1v) is 5.72. The number of rotatable bonds is 4. The molecular weight excluding hydrogens is 233 g/mol. The molecule has 0 amide bonds. The molecule has 0 aliphatic heterocycles. The van der Waals surface area contributed by atoms with Crippen LogP contribution < -0.4 is 11.2 Å². The van der Waals surface area contributed by atoms with Crippen molar-refractivity contribution in [2.24, 2.45) is 0 Å². The third kappa shape index (κ3) is 3.19. The fourth-order valence-corrected chi connectivity index (χ4v) is 1.17. The SMILES string of the molecule is Cc1ncc(B(O)OC(C)(C)C(C)(C)O)c(N)n1. The summed E-state index contributed by atoms with van der Waals surface area (Å²) in [6, 6.07) is 0. The van der Waals surface area contributed by atoms with E-state index in [4.69, 9.17) is 10.4 Å². The molecular formula is C11H20BN3O3. The van der Waals surface area contributed by atoms with E-state index in [9.17, 15) is 10.1 Å². The van der Waals surface area contributed by atoms with Crippen LogP contribution >= 0.6 is 0 Å². The minimum atomic E-state index is -1.29. The molecule has 1 aromatic heterocycles. The molecule has 0 radical (unpaired) electrons. The average Bonchev–Trinajstić information content (AvgIpc) is 2.14. The Morgan fingerprint density at radius 2 is 1.89 bits per heavy atom. The van der Waals surface area contributed by atoms with Gasteiger partial charge in [-0.05, 0) is 34.6 Å². The molecule has 1 heterocycles. The minimum Gasteiger partial charge on any atom is -0.423 e. The van der Waals surface area contributed by atoms with Gasteiger partial charge >= 0.3 is 7.12 Å². The van der Waals surface area contributed by atoms with Crippen LogP contribution in [0.5, 0.6) is 0 Å². The lowest BCUT2D eigenvalue weighted by Gasteiger charge is -2.38. The zero-order valence-corrected chi connectivity index (χ0v) is 11.4. The lowest BCUT2D eigenvalue weighted by molar-refractivity contribution is -0.0982. The van der Waals surface area contributed by atoms with E-state index in [1.54, 1.807) is 34.6 Å². The Hall–Kier alpha value is -1.18. The summed E-state index contributed by atoms with van der Waals surface area (Å²) in [6.07, 6.45) is 1.42. The maximum Gasteiger partial charge on any atom is 0.497 e. The number of nitrogen functional groups attached to an aromatic ring is 1. The molecule has 0 fully saturated rings. The number of aromatic nitrogens is 2. The second-order valence-corrected chi connectivity index (χ2v) is 5.30. The number of aliphatic hydroxyl groups is 1. The van der Waals surface area contributed by atoms with Gasteiger partial charge in [0.25, 0.3) is 0 Å². The van der Waals surface area contributed by atoms with Crippen molar-refractivity contribution in [2.75, 3.05) is 5.73 Å². The minimum absolute atomic E-state index is 0.168. The Bertz CT molecular complexity index is 432. The van der Waals surface area contributed by atoms with Gasteiger partial charge in [0.05, 0.1) is 11.2 Å². The molecule has 0 aliphatic carbocycles. The number of anilines is 1. The van der Waals surface area contributed by atoms with Gasteiger partial charge < -0.3 is 20.5 Å². The van der Waals surface area contributed by atoms with Gasteiger partial charge in [0, 0.05) is 11.7 Å². The Labute approximate surface area is 107 Å². The topological polar surface area (TPSA) is 101 Å². The largest absolute Gasteiger partial charge is 0.497 e. The van der Waals surface area contributed by atoms with Crippen molar-refractivity contribution in [3.8, 4) is 0 Å². The van der Waals surface area contributed by atoms with Crippen LogP contribution in [0.25, 0.3) is 0 Å². The molecule has 1 rings (SSSR count). The zero-order chi connectivity index (χ0) is 14.1. The van der Waals surface area contributed by atoms with E-state index in [2.05, 4.69) is 9.97 Å². The number of nitrogens with zero attached hydrogens (tertiary/aromatic N) is 2. The van der Waals surface area contributed by atoms with Gasteiger partial charge in [-0.1, -0.05) is 0 Å². The molecule has 100 valence electrons. The van der Waals surface area contributed by atoms with Crippen molar-refractivity contribution >= 4 is 18.4 Å². The van der Waals surface area contributed by atoms with E-state index in [1.165, 1.54) is 6.20 Å². The summed E-state index contributed by atoms with van der Waals surface area (Å²) in [4.78, 5) is 7.91. The first-order valence-electron chi connectivity index (χ1n) is 5.72. The van der Waals surface area contributed by atoms with E-state index in [0.29, 0.717) is 5.82 Å². The fourth-order valence-electron chi connectivity index (χ4n) is 1.17. The maximum absolute atomic E-state index is 10.00. The highest BCUT2D eigenvalue weighted by Crippen LogP contribution is 2.25. The quantitative estimate of drug-likeness (QED) is 0.632. The maximum atomic E-state index is 10.00. The monoisotopic (exact) mass is 253 g/mol. The van der Waals surface area contributed by atoms with Crippen LogP contribution in [0.1, 0.15) is 33.5 Å². The summed E-state index contributed by atoms with van der Waals surface area (Å²) in [6.45, 7) is 8.28. The van der Waals surface area contributed by atoms with Crippen molar-refractivity contribution in [3.05, 3.63) is 12.0 Å². The second kappa shape index (κ2) is 4.83. The summed E-state index contributed by atoms with van der Waals surface area (Å²) < 4.78 is 5.45. The van der Waals surface area contributed by atoms with Crippen molar-refractivity contribution in [1.82, 2.24) is 9.97 Å². The average molecular weight is 253 g/mol. The predicted molar refractivity (Wildman–Crippen MR) is 70.3 cm³/mol. The second-order valence-electron chi connectivity index (χ2n) is 5.30. The molecule has 0 spiro atoms. The van der Waals surface area contributed by atoms with Crippen LogP contribution in [0.2, 0.25) is 0 Å². The lowest BCUT2D eigenvalue weighted by Crippen LogP contribution is -2.53. The number of aryl methyl sites for hydroxylation is 1. The summed E-state index contributed by atoms with van der Waals surface area (Å²) in [5.74, 6) is 0.687. The van der Waals surface area contributed by atoms with Crippen LogP contribution in [0.4, 0.5) is 5.82 Å². The van der Waals surface area contributed by atoms with Gasteiger partial charge in [0.15, 0.2) is 0 Å². The molecule has 7 heteroatoms. The van der Waals surface area contributed by atoms with Crippen molar-refractivity contribution in [1.29, 1.82) is 0 Å². The molecule has 0 saturated heterocycles. The van der Waals surface area contributed by atoms with Crippen LogP contribution in [-0.4, -0.2) is 38.4 Å². The molecule has 0 aliphatic rings. The Balaban J connectivity index is 2.92. The Morgan fingerprint density at radius 1 is 1.33 bits per heavy atom. The van der Waals surface area contributed by atoms with Gasteiger partial charge in [0.1, 0.15) is 11.6 Å². The van der Waals surface area contributed by atoms with Crippen LogP contribution in [0.15, 0.2) is 6.20 Å². The van der Waals surface area contributed by atoms with Crippen molar-refractivity contribution in [2.45, 2.75) is 45.8 Å². The molecule has 4 N–H and O–H groups in total. The standard InChI is InChI=1S/C11H20BN3O3/c1-7-14-6-8(9(13)15-7)12(17)18-11(4,5)10(2,3)16/h6,16-17H,1-5H3,(H2,13,14,15). The first-order chi connectivity index (χ1) is 8.04. The third-order valence-electron chi connectivity index (χ3n) is 3.11. The van der Waals surface area contributed by atoms with Gasteiger partial charge in [-0.2, -0.15) is 0 Å². The molecule has 0 bridgehead atoms. The van der Waals surface area contributed by atoms with Crippen LogP contribution in [-0.2, 0) is 4.65 Å². The lowest BCUT2D eigenvalue weighted by atomic mass is 9.77. The molecule has 0 atom stereocenters. The Kier molecular flexibility index (Phi) is 4.00. The molecule has 18 heavy (non-hydrogen) atoms. The normalized spacial score (nSPS) is 12.6. The van der Waals surface area contributed by atoms with E-state index in [0.717, 1.165) is 0 Å². The number of hydrogen-bond acceptors (Lipinski definition) is 6. The summed E-state index contributed by atoms with van der Waals surface area (Å²) >= 11 is 0. The molecule has 0 aromatic carbocycles. The molecule has 6 nitrogen and oxygen atoms in total. The first kappa shape index (κ1) is 14.9. The summed E-state index contributed by atoms with van der Waals surface area (Å²) in [5, 5.41) is 20.0. The highest BCUT2D eigenvalue weighted by molar-refractivity contribution is 6.61. The molecule has 0 saturated carbocycles. The van der Waals surface area contributed by atoms with Gasteiger partial charge in [-0.25, -0.2) is 9.97 Å². The smallest absolute Gasteiger partial charge is 0.423 e. The predicted octanol–water partition coefficient (Wildman–Crippen LogP) is -0.379. The van der Waals surface area contributed by atoms with Gasteiger partial charge in [0.2, 0.25) is 0 Å². The van der Waals surface area contributed by atoms with Crippen LogP contribution in [0.3, 0.4) is 0 Å². The highest BCUT2D eigenvalue weighted by atomic mass is 16.5. The van der Waals surface area contributed by atoms with Gasteiger partial charge in [-0.15, -0.1) is 0 Å². The third-order valence-corrected chi connectivity index (χ3v) is 3.11. The summed E-state index contributed by atoms with van der Waals surface area (Å²) in [7, 11) is -1.29. The van der Waals surface area contributed by atoms with Crippen LogP contribution in [0, 0.1) is 6.92 Å². The van der Waals surface area contributed by atoms with Crippen molar-refractivity contribution < 1.29 is 14.8 Å². The molecule has 1 aromatic rings. The summed E-state index contributed by atoms with van der Waals surface area (Å²) in [5.41, 5.74) is 3.91. The number of nitrogens with two attached hydrogens (primary N) is 1. The number of hydrogen-bond donors (Lipinski definition) is 3. The van der Waals surface area contributed by atoms with Crippen molar-refractivity contribution in [3.63, 3.8) is 0 Å². The van der Waals surface area contributed by atoms with E-state index in [-0.39, 0.29) is 11.3 Å². The van der Waals surface area contributed by atoms with Gasteiger partial charge in [-0.3, -0.25) is 0 Å². The van der Waals surface area contributed by atoms with E-state index in [1.807, 2.05) is 0 Å².